The Balaban J connectivity index is 2.21. The zero-order valence-corrected chi connectivity index (χ0v) is 12.9. The first-order valence-corrected chi connectivity index (χ1v) is 6.93. The van der Waals surface area contributed by atoms with Gasteiger partial charge in [0.25, 0.3) is 5.91 Å². The van der Waals surface area contributed by atoms with Gasteiger partial charge in [-0.2, -0.15) is 0 Å². The molecule has 104 valence electrons. The van der Waals surface area contributed by atoms with Gasteiger partial charge in [0.15, 0.2) is 0 Å². The number of carbonyl (C=O) groups is 1. The summed E-state index contributed by atoms with van der Waals surface area (Å²) >= 11 is 17.8. The Kier molecular flexibility index (Phi) is 4.86. The van der Waals surface area contributed by atoms with Crippen molar-refractivity contribution >= 4 is 40.7 Å². The lowest BCUT2D eigenvalue weighted by Gasteiger charge is -2.18. The molecule has 0 radical (unpaired) electrons. The lowest BCUT2D eigenvalue weighted by Crippen LogP contribution is -2.27. The van der Waals surface area contributed by atoms with Gasteiger partial charge in [0.05, 0.1) is 5.02 Å². The van der Waals surface area contributed by atoms with Crippen molar-refractivity contribution in [3.63, 3.8) is 0 Å². The van der Waals surface area contributed by atoms with Gasteiger partial charge in [-0.3, -0.25) is 4.79 Å². The molecule has 6 heteroatoms. The highest BCUT2D eigenvalue weighted by molar-refractivity contribution is 6.34. The Morgan fingerprint density at radius 1 is 1.10 bits per heavy atom. The summed E-state index contributed by atoms with van der Waals surface area (Å²) in [5.41, 5.74) is 0.983. The van der Waals surface area contributed by atoms with Crippen molar-refractivity contribution in [1.29, 1.82) is 0 Å². The fraction of sp³-hybridized carbons (Fsp3) is 0.143. The first kappa shape index (κ1) is 15.1. The first-order chi connectivity index (χ1) is 9.49. The quantitative estimate of drug-likeness (QED) is 0.786. The Labute approximate surface area is 132 Å². The molecule has 20 heavy (non-hydrogen) atoms. The van der Waals surface area contributed by atoms with Crippen molar-refractivity contribution in [3.8, 4) is 0 Å². The van der Waals surface area contributed by atoms with E-state index in [2.05, 4.69) is 4.98 Å². The number of pyridine rings is 1. The summed E-state index contributed by atoms with van der Waals surface area (Å²) in [6.07, 6.45) is 0. The molecule has 1 heterocycles. The van der Waals surface area contributed by atoms with E-state index in [1.54, 1.807) is 19.2 Å². The normalized spacial score (nSPS) is 10.4. The summed E-state index contributed by atoms with van der Waals surface area (Å²) < 4.78 is 0. The Morgan fingerprint density at radius 2 is 1.80 bits per heavy atom. The van der Waals surface area contributed by atoms with Crippen LogP contribution in [-0.4, -0.2) is 22.8 Å². The van der Waals surface area contributed by atoms with E-state index in [0.717, 1.165) is 5.56 Å². The van der Waals surface area contributed by atoms with Crippen molar-refractivity contribution in [2.75, 3.05) is 7.05 Å². The largest absolute Gasteiger partial charge is 0.336 e. The number of amides is 1. The molecule has 0 spiro atoms. The highest BCUT2D eigenvalue weighted by Gasteiger charge is 2.18. The van der Waals surface area contributed by atoms with Gasteiger partial charge in [0.2, 0.25) is 0 Å². The maximum absolute atomic E-state index is 12.3. The molecule has 0 N–H and O–H groups in total. The van der Waals surface area contributed by atoms with Crippen LogP contribution in [0.4, 0.5) is 0 Å². The maximum Gasteiger partial charge on any atom is 0.274 e. The zero-order valence-electron chi connectivity index (χ0n) is 10.6. The van der Waals surface area contributed by atoms with Crippen molar-refractivity contribution in [2.45, 2.75) is 6.54 Å². The topological polar surface area (TPSA) is 33.2 Å². The van der Waals surface area contributed by atoms with Crippen LogP contribution in [0.1, 0.15) is 16.1 Å². The molecule has 0 saturated heterocycles. The molecule has 2 aromatic rings. The molecule has 0 aliphatic rings. The number of aromatic nitrogens is 1. The SMILES string of the molecule is CN(Cc1ccccc1Cl)C(=O)c1nc(Cl)ccc1Cl. The molecular formula is C14H11Cl3N2O. The van der Waals surface area contributed by atoms with Crippen LogP contribution in [0.3, 0.4) is 0 Å². The molecule has 1 aromatic carbocycles. The smallest absolute Gasteiger partial charge is 0.274 e. The van der Waals surface area contributed by atoms with E-state index in [9.17, 15) is 4.79 Å². The summed E-state index contributed by atoms with van der Waals surface area (Å²) in [5, 5.41) is 1.10. The van der Waals surface area contributed by atoms with Gasteiger partial charge in [-0.15, -0.1) is 0 Å². The van der Waals surface area contributed by atoms with Gasteiger partial charge in [-0.25, -0.2) is 4.98 Å². The van der Waals surface area contributed by atoms with Crippen molar-refractivity contribution < 1.29 is 4.79 Å². The molecular weight excluding hydrogens is 319 g/mol. The fourth-order valence-corrected chi connectivity index (χ4v) is 2.23. The number of hydrogen-bond donors (Lipinski definition) is 0. The third-order valence-electron chi connectivity index (χ3n) is 2.73. The standard InChI is InChI=1S/C14H11Cl3N2O/c1-19(8-9-4-2-3-5-10(9)15)14(20)13-11(16)6-7-12(17)18-13/h2-7H,8H2,1H3. The second-order valence-corrected chi connectivity index (χ2v) is 5.42. The summed E-state index contributed by atoms with van der Waals surface area (Å²) in [6, 6.07) is 10.4. The van der Waals surface area contributed by atoms with Gasteiger partial charge >= 0.3 is 0 Å². The molecule has 0 unspecified atom stereocenters. The molecule has 1 aromatic heterocycles. The van der Waals surface area contributed by atoms with Crippen LogP contribution >= 0.6 is 34.8 Å². The highest BCUT2D eigenvalue weighted by atomic mass is 35.5. The molecule has 3 nitrogen and oxygen atoms in total. The lowest BCUT2D eigenvalue weighted by atomic mass is 10.2. The predicted octanol–water partition coefficient (Wildman–Crippen LogP) is 4.31. The van der Waals surface area contributed by atoms with E-state index in [1.165, 1.54) is 11.0 Å². The Bertz CT molecular complexity index is 646. The summed E-state index contributed by atoms with van der Waals surface area (Å²) in [4.78, 5) is 17.8. The molecule has 0 saturated carbocycles. The number of carbonyl (C=O) groups excluding carboxylic acids is 1. The molecule has 1 amide bonds. The van der Waals surface area contributed by atoms with E-state index in [-0.39, 0.29) is 21.8 Å². The molecule has 0 bridgehead atoms. The molecule has 0 fully saturated rings. The van der Waals surface area contributed by atoms with Crippen LogP contribution in [0.15, 0.2) is 36.4 Å². The summed E-state index contributed by atoms with van der Waals surface area (Å²) in [6.45, 7) is 0.364. The highest BCUT2D eigenvalue weighted by Crippen LogP contribution is 2.21. The number of nitrogens with zero attached hydrogens (tertiary/aromatic N) is 2. The summed E-state index contributed by atoms with van der Waals surface area (Å²) in [5.74, 6) is -0.308. The number of hydrogen-bond acceptors (Lipinski definition) is 2. The summed E-state index contributed by atoms with van der Waals surface area (Å²) in [7, 11) is 1.66. The van der Waals surface area contributed by atoms with Crippen LogP contribution in [-0.2, 0) is 6.54 Å². The van der Waals surface area contributed by atoms with Crippen molar-refractivity contribution in [2.24, 2.45) is 0 Å². The molecule has 0 aliphatic heterocycles. The number of halogens is 3. The maximum atomic E-state index is 12.3. The van der Waals surface area contributed by atoms with Gasteiger partial charge in [-0.05, 0) is 23.8 Å². The van der Waals surface area contributed by atoms with Crippen LogP contribution in [0.5, 0.6) is 0 Å². The molecule has 0 atom stereocenters. The number of rotatable bonds is 3. The minimum absolute atomic E-state index is 0.133. The van der Waals surface area contributed by atoms with E-state index in [1.807, 2.05) is 18.2 Å². The van der Waals surface area contributed by atoms with Crippen molar-refractivity contribution in [1.82, 2.24) is 9.88 Å². The number of benzene rings is 1. The third-order valence-corrected chi connectivity index (χ3v) is 3.61. The average molecular weight is 330 g/mol. The van der Waals surface area contributed by atoms with E-state index >= 15 is 0 Å². The van der Waals surface area contributed by atoms with Crippen molar-refractivity contribution in [3.05, 3.63) is 62.9 Å². The van der Waals surface area contributed by atoms with Crippen LogP contribution in [0.25, 0.3) is 0 Å². The second-order valence-electron chi connectivity index (χ2n) is 4.22. The van der Waals surface area contributed by atoms with Gasteiger partial charge in [0.1, 0.15) is 10.8 Å². The Morgan fingerprint density at radius 3 is 2.50 bits per heavy atom. The first-order valence-electron chi connectivity index (χ1n) is 5.80. The second kappa shape index (κ2) is 6.44. The average Bonchev–Trinajstić information content (AvgIpc) is 2.43. The molecule has 0 aliphatic carbocycles. The minimum atomic E-state index is -0.308. The zero-order chi connectivity index (χ0) is 14.7. The molecule has 2 rings (SSSR count). The van der Waals surface area contributed by atoms with E-state index in [4.69, 9.17) is 34.8 Å². The van der Waals surface area contributed by atoms with Crippen LogP contribution in [0.2, 0.25) is 15.2 Å². The van der Waals surface area contributed by atoms with E-state index < -0.39 is 0 Å². The third kappa shape index (κ3) is 3.42. The predicted molar refractivity (Wildman–Crippen MR) is 81.5 cm³/mol. The van der Waals surface area contributed by atoms with Gasteiger partial charge in [0, 0.05) is 18.6 Å². The van der Waals surface area contributed by atoms with Crippen LogP contribution in [0, 0.1) is 0 Å². The minimum Gasteiger partial charge on any atom is -0.336 e. The fourth-order valence-electron chi connectivity index (χ4n) is 1.70. The lowest BCUT2D eigenvalue weighted by molar-refractivity contribution is 0.0779. The van der Waals surface area contributed by atoms with E-state index in [0.29, 0.717) is 11.6 Å². The monoisotopic (exact) mass is 328 g/mol. The van der Waals surface area contributed by atoms with Gasteiger partial charge in [-0.1, -0.05) is 53.0 Å². The Hall–Kier alpha value is -1.29. The van der Waals surface area contributed by atoms with Crippen LogP contribution < -0.4 is 0 Å². The van der Waals surface area contributed by atoms with Gasteiger partial charge < -0.3 is 4.90 Å².